The van der Waals surface area contributed by atoms with Gasteiger partial charge < -0.3 is 5.32 Å². The minimum Gasteiger partial charge on any atom is -0.335 e. The number of thioether (sulfide) groups is 1. The average molecular weight is 248 g/mol. The van der Waals surface area contributed by atoms with Crippen molar-refractivity contribution in [3.8, 4) is 0 Å². The van der Waals surface area contributed by atoms with Crippen LogP contribution in [0, 0.1) is 19.8 Å². The fraction of sp³-hybridized carbons (Fsp3) is 0.500. The van der Waals surface area contributed by atoms with E-state index in [2.05, 4.69) is 56.2 Å². The first-order valence-corrected chi connectivity index (χ1v) is 6.99. The Morgan fingerprint density at radius 3 is 2.76 bits per heavy atom. The Kier molecular flexibility index (Phi) is 3.77. The van der Waals surface area contributed by atoms with Gasteiger partial charge in [-0.2, -0.15) is 0 Å². The molecule has 3 heteroatoms. The first-order valence-electron chi connectivity index (χ1n) is 6.11. The highest BCUT2D eigenvalue weighted by molar-refractivity contribution is 8.15. The molecular weight excluding hydrogens is 228 g/mol. The van der Waals surface area contributed by atoms with Crippen LogP contribution in [-0.4, -0.2) is 17.0 Å². The smallest absolute Gasteiger partial charge is 0.161 e. The molecule has 1 N–H and O–H groups in total. The molecule has 1 aliphatic rings. The van der Waals surface area contributed by atoms with Crippen LogP contribution in [0.5, 0.6) is 0 Å². The first kappa shape index (κ1) is 12.5. The Bertz CT molecular complexity index is 438. The van der Waals surface area contributed by atoms with Gasteiger partial charge in [0.1, 0.15) is 0 Å². The topological polar surface area (TPSA) is 24.4 Å². The van der Waals surface area contributed by atoms with E-state index in [1.807, 2.05) is 11.8 Å². The summed E-state index contributed by atoms with van der Waals surface area (Å²) in [6.45, 7) is 9.70. The van der Waals surface area contributed by atoms with Gasteiger partial charge in [0.25, 0.3) is 0 Å². The van der Waals surface area contributed by atoms with E-state index in [0.717, 1.165) is 11.7 Å². The number of aliphatic imine (C=N–C) groups is 1. The maximum atomic E-state index is 4.57. The second kappa shape index (κ2) is 5.13. The lowest BCUT2D eigenvalue weighted by molar-refractivity contribution is 0.621. The van der Waals surface area contributed by atoms with Crippen LogP contribution >= 0.6 is 11.8 Å². The normalized spacial score (nSPS) is 19.6. The first-order chi connectivity index (χ1) is 8.06. The molecule has 1 aromatic carbocycles. The van der Waals surface area contributed by atoms with Crippen molar-refractivity contribution in [3.63, 3.8) is 0 Å². The molecule has 92 valence electrons. The standard InChI is InChI=1S/C14H20N2S/c1-9(2)13-8-15-14(17-13)16-12-7-10(3)5-6-11(12)4/h5-7,9,13H,8H2,1-4H3,(H,15,16). The van der Waals surface area contributed by atoms with Gasteiger partial charge in [-0.25, -0.2) is 0 Å². The summed E-state index contributed by atoms with van der Waals surface area (Å²) in [6, 6.07) is 6.47. The predicted octanol–water partition coefficient (Wildman–Crippen LogP) is 3.84. The second-order valence-corrected chi connectivity index (χ2v) is 6.22. The van der Waals surface area contributed by atoms with Gasteiger partial charge in [-0.05, 0) is 37.0 Å². The van der Waals surface area contributed by atoms with Crippen molar-refractivity contribution in [2.45, 2.75) is 32.9 Å². The lowest BCUT2D eigenvalue weighted by atomic mass is 10.1. The third-order valence-corrected chi connectivity index (χ3v) is 4.51. The summed E-state index contributed by atoms with van der Waals surface area (Å²) in [5.74, 6) is 0.682. The van der Waals surface area contributed by atoms with Crippen molar-refractivity contribution in [2.24, 2.45) is 10.9 Å². The minimum atomic E-state index is 0.627. The molecule has 0 saturated heterocycles. The van der Waals surface area contributed by atoms with E-state index in [1.54, 1.807) is 0 Å². The van der Waals surface area contributed by atoms with Crippen LogP contribution in [0.3, 0.4) is 0 Å². The molecule has 0 radical (unpaired) electrons. The summed E-state index contributed by atoms with van der Waals surface area (Å²) in [5, 5.41) is 5.14. The van der Waals surface area contributed by atoms with Crippen LogP contribution in [0.1, 0.15) is 25.0 Å². The fourth-order valence-corrected chi connectivity index (χ4v) is 2.82. The van der Waals surface area contributed by atoms with Crippen LogP contribution in [-0.2, 0) is 0 Å². The quantitative estimate of drug-likeness (QED) is 0.860. The van der Waals surface area contributed by atoms with E-state index in [4.69, 9.17) is 0 Å². The SMILES string of the molecule is Cc1ccc(C)c(NC2=NCC(C(C)C)S2)c1. The van der Waals surface area contributed by atoms with Gasteiger partial charge in [0.05, 0.1) is 6.54 Å². The summed E-state index contributed by atoms with van der Waals surface area (Å²) in [5.41, 5.74) is 3.73. The highest BCUT2D eigenvalue weighted by Gasteiger charge is 2.22. The molecule has 2 nitrogen and oxygen atoms in total. The predicted molar refractivity (Wildman–Crippen MR) is 78.1 cm³/mol. The summed E-state index contributed by atoms with van der Waals surface area (Å²) in [6.07, 6.45) is 0. The highest BCUT2D eigenvalue weighted by Crippen LogP contribution is 2.28. The number of nitrogens with zero attached hydrogens (tertiary/aromatic N) is 1. The monoisotopic (exact) mass is 248 g/mol. The molecule has 0 amide bonds. The van der Waals surface area contributed by atoms with Gasteiger partial charge in [0.15, 0.2) is 5.17 Å². The lowest BCUT2D eigenvalue weighted by Gasteiger charge is -2.13. The van der Waals surface area contributed by atoms with Crippen LogP contribution in [0.4, 0.5) is 5.69 Å². The van der Waals surface area contributed by atoms with Gasteiger partial charge >= 0.3 is 0 Å². The molecule has 1 heterocycles. The number of hydrogen-bond donors (Lipinski definition) is 1. The Balaban J connectivity index is 2.05. The van der Waals surface area contributed by atoms with Crippen LogP contribution in [0.15, 0.2) is 23.2 Å². The summed E-state index contributed by atoms with van der Waals surface area (Å²) < 4.78 is 0. The van der Waals surface area contributed by atoms with Crippen molar-refractivity contribution in [1.29, 1.82) is 0 Å². The van der Waals surface area contributed by atoms with Crippen molar-refractivity contribution < 1.29 is 0 Å². The molecule has 0 aliphatic carbocycles. The molecule has 0 bridgehead atoms. The molecular formula is C14H20N2S. The number of nitrogens with one attached hydrogen (secondary N) is 1. The molecule has 17 heavy (non-hydrogen) atoms. The number of amidine groups is 1. The number of benzene rings is 1. The molecule has 1 unspecified atom stereocenters. The maximum Gasteiger partial charge on any atom is 0.161 e. The number of anilines is 1. The lowest BCUT2D eigenvalue weighted by Crippen LogP contribution is -2.13. The second-order valence-electron chi connectivity index (χ2n) is 4.99. The van der Waals surface area contributed by atoms with Crippen LogP contribution in [0.25, 0.3) is 0 Å². The number of aryl methyl sites for hydroxylation is 2. The summed E-state index contributed by atoms with van der Waals surface area (Å²) in [7, 11) is 0. The minimum absolute atomic E-state index is 0.627. The molecule has 1 atom stereocenters. The third-order valence-electron chi connectivity index (χ3n) is 3.06. The zero-order valence-electron chi connectivity index (χ0n) is 10.9. The molecule has 0 spiro atoms. The highest BCUT2D eigenvalue weighted by atomic mass is 32.2. The van der Waals surface area contributed by atoms with Crippen molar-refractivity contribution in [2.75, 3.05) is 11.9 Å². The molecule has 1 aromatic rings. The van der Waals surface area contributed by atoms with E-state index in [1.165, 1.54) is 16.8 Å². The largest absolute Gasteiger partial charge is 0.335 e. The van der Waals surface area contributed by atoms with Gasteiger partial charge in [0, 0.05) is 10.9 Å². The molecule has 0 fully saturated rings. The number of rotatable bonds is 2. The van der Waals surface area contributed by atoms with Crippen molar-refractivity contribution in [1.82, 2.24) is 0 Å². The zero-order chi connectivity index (χ0) is 12.4. The van der Waals surface area contributed by atoms with E-state index in [-0.39, 0.29) is 0 Å². The summed E-state index contributed by atoms with van der Waals surface area (Å²) >= 11 is 1.87. The Hall–Kier alpha value is -0.960. The molecule has 0 aromatic heterocycles. The van der Waals surface area contributed by atoms with Crippen LogP contribution in [0.2, 0.25) is 0 Å². The van der Waals surface area contributed by atoms with Gasteiger partial charge in [-0.15, -0.1) is 0 Å². The van der Waals surface area contributed by atoms with E-state index in [9.17, 15) is 0 Å². The van der Waals surface area contributed by atoms with Gasteiger partial charge in [-0.1, -0.05) is 37.7 Å². The molecule has 0 saturated carbocycles. The van der Waals surface area contributed by atoms with Crippen LogP contribution < -0.4 is 5.32 Å². The number of hydrogen-bond acceptors (Lipinski definition) is 3. The maximum absolute atomic E-state index is 4.57. The van der Waals surface area contributed by atoms with Crippen molar-refractivity contribution >= 4 is 22.6 Å². The Morgan fingerprint density at radius 1 is 1.35 bits per heavy atom. The molecule has 1 aliphatic heterocycles. The van der Waals surface area contributed by atoms with Gasteiger partial charge in [-0.3, -0.25) is 4.99 Å². The third kappa shape index (κ3) is 3.03. The fourth-order valence-electron chi connectivity index (χ4n) is 1.79. The van der Waals surface area contributed by atoms with Gasteiger partial charge in [0.2, 0.25) is 0 Å². The van der Waals surface area contributed by atoms with E-state index in [0.29, 0.717) is 11.2 Å². The zero-order valence-corrected chi connectivity index (χ0v) is 11.8. The molecule has 2 rings (SSSR count). The summed E-state index contributed by atoms with van der Waals surface area (Å²) in [4.78, 5) is 4.57. The van der Waals surface area contributed by atoms with E-state index < -0.39 is 0 Å². The Labute approximate surface area is 108 Å². The van der Waals surface area contributed by atoms with Crippen molar-refractivity contribution in [3.05, 3.63) is 29.3 Å². The Morgan fingerprint density at radius 2 is 2.12 bits per heavy atom. The van der Waals surface area contributed by atoms with E-state index >= 15 is 0 Å². The average Bonchev–Trinajstić information content (AvgIpc) is 2.72.